The molecule has 0 saturated carbocycles. The standard InChI is InChI=1S/C23H22N6O3/c1-4-28(5-2)19-12-10-18(11-13-19)26-25-17-8-6-16(7-9-17)14-20-22(24-3)27-29(23(20)32)15-21(30)31/h6-14H,4-5,15H2,1-2H3,(H,30,31). The minimum absolute atomic E-state index is 0.0592. The maximum absolute atomic E-state index is 12.3. The zero-order valence-electron chi connectivity index (χ0n) is 17.8. The second-order valence-electron chi connectivity index (χ2n) is 6.83. The lowest BCUT2D eigenvalue weighted by molar-refractivity contribution is -0.142. The fourth-order valence-corrected chi connectivity index (χ4v) is 3.13. The highest BCUT2D eigenvalue weighted by Gasteiger charge is 2.34. The van der Waals surface area contributed by atoms with Crippen LogP contribution in [-0.2, 0) is 9.59 Å². The van der Waals surface area contributed by atoms with Crippen molar-refractivity contribution < 1.29 is 14.7 Å². The van der Waals surface area contributed by atoms with Gasteiger partial charge in [-0.25, -0.2) is 0 Å². The maximum Gasteiger partial charge on any atom is 0.327 e. The normalized spacial score (nSPS) is 14.7. The Hall–Kier alpha value is -4.32. The summed E-state index contributed by atoms with van der Waals surface area (Å²) in [4.78, 5) is 28.7. The summed E-state index contributed by atoms with van der Waals surface area (Å²) >= 11 is 0. The Morgan fingerprint density at radius 2 is 1.66 bits per heavy atom. The summed E-state index contributed by atoms with van der Waals surface area (Å²) in [6, 6.07) is 14.8. The summed E-state index contributed by atoms with van der Waals surface area (Å²) < 4.78 is 0. The zero-order chi connectivity index (χ0) is 23.1. The lowest BCUT2D eigenvalue weighted by Crippen LogP contribution is -2.28. The molecule has 0 radical (unpaired) electrons. The molecule has 0 unspecified atom stereocenters. The zero-order valence-corrected chi connectivity index (χ0v) is 17.8. The topological polar surface area (TPSA) is 102 Å². The summed E-state index contributed by atoms with van der Waals surface area (Å²) in [5, 5.41) is 21.9. The molecule has 0 aromatic heterocycles. The summed E-state index contributed by atoms with van der Waals surface area (Å²) in [5.41, 5.74) is 3.22. The van der Waals surface area contributed by atoms with Gasteiger partial charge in [0.25, 0.3) is 5.91 Å². The fourth-order valence-electron chi connectivity index (χ4n) is 3.13. The molecule has 9 nitrogen and oxygen atoms in total. The van der Waals surface area contributed by atoms with Crippen molar-refractivity contribution in [1.82, 2.24) is 5.01 Å². The predicted molar refractivity (Wildman–Crippen MR) is 122 cm³/mol. The highest BCUT2D eigenvalue weighted by molar-refractivity contribution is 6.30. The molecule has 162 valence electrons. The molecule has 2 aromatic rings. The summed E-state index contributed by atoms with van der Waals surface area (Å²) in [6.07, 6.45) is 1.51. The van der Waals surface area contributed by atoms with Crippen molar-refractivity contribution in [2.24, 2.45) is 15.3 Å². The number of hydrogen-bond acceptors (Lipinski definition) is 6. The summed E-state index contributed by atoms with van der Waals surface area (Å²) in [6.45, 7) is 12.7. The Morgan fingerprint density at radius 1 is 1.09 bits per heavy atom. The van der Waals surface area contributed by atoms with Gasteiger partial charge in [0.1, 0.15) is 0 Å². The van der Waals surface area contributed by atoms with E-state index in [1.54, 1.807) is 24.3 Å². The minimum atomic E-state index is -1.20. The van der Waals surface area contributed by atoms with Crippen molar-refractivity contribution in [3.63, 3.8) is 0 Å². The van der Waals surface area contributed by atoms with E-state index in [1.165, 1.54) is 6.08 Å². The van der Waals surface area contributed by atoms with Gasteiger partial charge in [-0.15, -0.1) is 5.01 Å². The van der Waals surface area contributed by atoms with E-state index < -0.39 is 18.4 Å². The molecular weight excluding hydrogens is 408 g/mol. The largest absolute Gasteiger partial charge is 0.480 e. The number of anilines is 1. The van der Waals surface area contributed by atoms with Crippen molar-refractivity contribution in [1.29, 1.82) is 0 Å². The van der Waals surface area contributed by atoms with E-state index in [-0.39, 0.29) is 11.4 Å². The van der Waals surface area contributed by atoms with Gasteiger partial charge in [0.2, 0.25) is 0 Å². The van der Waals surface area contributed by atoms with Crippen LogP contribution in [0.4, 0.5) is 17.1 Å². The number of rotatable bonds is 8. The number of carboxylic acids is 1. The van der Waals surface area contributed by atoms with E-state index in [0.717, 1.165) is 29.5 Å². The number of azo groups is 1. The van der Waals surface area contributed by atoms with Crippen LogP contribution in [0.5, 0.6) is 0 Å². The van der Waals surface area contributed by atoms with Crippen LogP contribution < -0.4 is 4.90 Å². The van der Waals surface area contributed by atoms with Gasteiger partial charge in [-0.05, 0) is 60.9 Å². The van der Waals surface area contributed by atoms with Crippen LogP contribution >= 0.6 is 0 Å². The van der Waals surface area contributed by atoms with Crippen LogP contribution in [0.2, 0.25) is 0 Å². The molecule has 3 rings (SSSR count). The van der Waals surface area contributed by atoms with E-state index in [0.29, 0.717) is 11.3 Å². The van der Waals surface area contributed by atoms with Crippen LogP contribution in [0.25, 0.3) is 10.9 Å². The molecule has 1 N–H and O–H groups in total. The number of carbonyl (C=O) groups is 2. The monoisotopic (exact) mass is 430 g/mol. The van der Waals surface area contributed by atoms with Gasteiger partial charge in [-0.3, -0.25) is 9.59 Å². The average Bonchev–Trinajstić information content (AvgIpc) is 3.09. The first-order valence-corrected chi connectivity index (χ1v) is 10.0. The number of hydrazone groups is 1. The summed E-state index contributed by atoms with van der Waals surface area (Å²) in [7, 11) is 0. The van der Waals surface area contributed by atoms with Crippen molar-refractivity contribution >= 4 is 40.9 Å². The number of hydrogen-bond donors (Lipinski definition) is 1. The molecule has 1 amide bonds. The number of nitrogens with zero attached hydrogens (tertiary/aromatic N) is 6. The third-order valence-corrected chi connectivity index (χ3v) is 4.78. The Morgan fingerprint density at radius 3 is 2.16 bits per heavy atom. The second kappa shape index (κ2) is 10.1. The Bertz CT molecular complexity index is 1120. The molecule has 1 aliphatic rings. The number of carboxylic acid groups (broad SMARTS) is 1. The van der Waals surface area contributed by atoms with Gasteiger partial charge in [-0.1, -0.05) is 24.8 Å². The maximum atomic E-state index is 12.3. The molecule has 1 heterocycles. The minimum Gasteiger partial charge on any atom is -0.480 e. The number of benzene rings is 2. The first kappa shape index (κ1) is 22.4. The lowest BCUT2D eigenvalue weighted by Gasteiger charge is -2.20. The number of aliphatic carboxylic acids is 1. The SMILES string of the molecule is [C-]#[N+]C1=NN(CC(=O)O)C(=O)C1=Cc1ccc(N=Nc2ccc(N(CC)CC)cc2)cc1. The van der Waals surface area contributed by atoms with Gasteiger partial charge in [0.15, 0.2) is 6.54 Å². The van der Waals surface area contributed by atoms with Crippen LogP contribution in [-0.4, -0.2) is 47.5 Å². The van der Waals surface area contributed by atoms with Gasteiger partial charge in [-0.2, -0.15) is 10.2 Å². The van der Waals surface area contributed by atoms with E-state index in [9.17, 15) is 9.59 Å². The van der Waals surface area contributed by atoms with Crippen LogP contribution in [0.15, 0.2) is 69.4 Å². The molecular formula is C23H22N6O3. The molecule has 9 heteroatoms. The number of carbonyl (C=O) groups excluding carboxylic acids is 1. The van der Waals surface area contributed by atoms with Gasteiger partial charge >= 0.3 is 11.8 Å². The van der Waals surface area contributed by atoms with Crippen molar-refractivity contribution in [3.05, 3.63) is 71.1 Å². The van der Waals surface area contributed by atoms with Crippen molar-refractivity contribution in [3.8, 4) is 0 Å². The quantitative estimate of drug-likeness (QED) is 0.379. The third-order valence-electron chi connectivity index (χ3n) is 4.78. The summed E-state index contributed by atoms with van der Waals surface area (Å²) in [5.74, 6) is -1.95. The van der Waals surface area contributed by atoms with Gasteiger partial charge in [0, 0.05) is 18.8 Å². The highest BCUT2D eigenvalue weighted by Crippen LogP contribution is 2.24. The van der Waals surface area contributed by atoms with Crippen molar-refractivity contribution in [2.75, 3.05) is 24.5 Å². The Balaban J connectivity index is 1.71. The second-order valence-corrected chi connectivity index (χ2v) is 6.83. The van der Waals surface area contributed by atoms with Crippen LogP contribution in [0.1, 0.15) is 19.4 Å². The molecule has 1 aliphatic heterocycles. The van der Waals surface area contributed by atoms with Crippen LogP contribution in [0, 0.1) is 6.57 Å². The number of amides is 1. The predicted octanol–water partition coefficient (Wildman–Crippen LogP) is 4.49. The molecule has 0 saturated heterocycles. The van der Waals surface area contributed by atoms with E-state index >= 15 is 0 Å². The van der Waals surface area contributed by atoms with E-state index in [4.69, 9.17) is 11.7 Å². The molecule has 32 heavy (non-hydrogen) atoms. The molecule has 0 fully saturated rings. The highest BCUT2D eigenvalue weighted by atomic mass is 16.4. The Kier molecular flexibility index (Phi) is 7.08. The van der Waals surface area contributed by atoms with E-state index in [2.05, 4.69) is 38.9 Å². The first-order valence-electron chi connectivity index (χ1n) is 10.0. The van der Waals surface area contributed by atoms with E-state index in [1.807, 2.05) is 24.3 Å². The van der Waals surface area contributed by atoms with Crippen molar-refractivity contribution in [2.45, 2.75) is 13.8 Å². The fraction of sp³-hybridized carbons (Fsp3) is 0.217. The van der Waals surface area contributed by atoms with Crippen LogP contribution in [0.3, 0.4) is 0 Å². The van der Waals surface area contributed by atoms with Gasteiger partial charge < -0.3 is 14.9 Å². The smallest absolute Gasteiger partial charge is 0.327 e. The third kappa shape index (κ3) is 5.23. The number of amidine groups is 1. The van der Waals surface area contributed by atoms with Gasteiger partial charge in [0.05, 0.1) is 16.9 Å². The molecule has 0 atom stereocenters. The molecule has 0 bridgehead atoms. The molecule has 0 spiro atoms. The first-order chi connectivity index (χ1) is 15.4. The molecule has 2 aromatic carbocycles. The lowest BCUT2D eigenvalue weighted by atomic mass is 10.1. The average molecular weight is 430 g/mol. The molecule has 0 aliphatic carbocycles. The Labute approximate surface area is 185 Å².